The molecule has 0 aromatic heterocycles. The Bertz CT molecular complexity index is 1680. The number of nitrogens with two attached hydrogens (primary N) is 1. The van der Waals surface area contributed by atoms with Gasteiger partial charge in [-0.1, -0.05) is 60.7 Å². The molecule has 2 heterocycles. The van der Waals surface area contributed by atoms with Crippen LogP contribution in [-0.2, 0) is 25.0 Å². The van der Waals surface area contributed by atoms with Gasteiger partial charge in [-0.05, 0) is 66.4 Å². The van der Waals surface area contributed by atoms with Crippen LogP contribution in [0.1, 0.15) is 49.1 Å². The van der Waals surface area contributed by atoms with Crippen LogP contribution in [0.4, 0.5) is 15.8 Å². The third-order valence-corrected chi connectivity index (χ3v) is 10.2. The first kappa shape index (κ1) is 28.1. The van der Waals surface area contributed by atoms with Crippen LogP contribution in [0.2, 0.25) is 10.0 Å². The average Bonchev–Trinajstić information content (AvgIpc) is 3.38. The maximum Gasteiger partial charge on any atom is 0.242 e. The monoisotopic (exact) mass is 616 g/mol. The maximum absolute atomic E-state index is 15.9. The number of hydrogen-bond acceptors (Lipinski definition) is 5. The SMILES string of the molecule is NS(=O)(=O)c1ccc(NC(=O)[C@@H]2NC3(CCCCC3)[C@@]3(C(=O)Nc4cc(Cl)ccc43)[C@H]2c2cccc(Cl)c2F)cc1. The molecule has 6 rings (SSSR count). The highest BCUT2D eigenvalue weighted by molar-refractivity contribution is 7.89. The van der Waals surface area contributed by atoms with Crippen molar-refractivity contribution in [2.75, 3.05) is 10.6 Å². The molecule has 2 spiro atoms. The molecule has 0 bridgehead atoms. The van der Waals surface area contributed by atoms with E-state index in [0.29, 0.717) is 34.8 Å². The van der Waals surface area contributed by atoms with Crippen LogP contribution < -0.4 is 21.1 Å². The standard InChI is InChI=1S/C29H27Cl2FN4O4S/c30-16-7-12-20-22(15-16)35-27(38)29(20)23(19-5-4-6-21(31)24(19)32)25(36-28(29)13-2-1-3-14-28)26(37)34-17-8-10-18(11-9-17)41(33,39)40/h4-12,15,23,25,36H,1-3,13-14H2,(H,34,37)(H,35,38)(H2,33,39,40)/t23-,25+,29+/m0/s1. The minimum Gasteiger partial charge on any atom is -0.325 e. The largest absolute Gasteiger partial charge is 0.325 e. The Morgan fingerprint density at radius 3 is 2.41 bits per heavy atom. The fourth-order valence-corrected chi connectivity index (χ4v) is 8.04. The van der Waals surface area contributed by atoms with E-state index in [1.165, 1.54) is 30.3 Å². The van der Waals surface area contributed by atoms with Gasteiger partial charge in [0.2, 0.25) is 21.8 Å². The molecule has 2 aliphatic heterocycles. The summed E-state index contributed by atoms with van der Waals surface area (Å²) in [6.07, 6.45) is 3.79. The summed E-state index contributed by atoms with van der Waals surface area (Å²) < 4.78 is 39.3. The number of anilines is 2. The number of rotatable bonds is 4. The topological polar surface area (TPSA) is 130 Å². The number of amides is 2. The summed E-state index contributed by atoms with van der Waals surface area (Å²) in [5.74, 6) is -2.51. The third-order valence-electron chi connectivity index (χ3n) is 8.76. The summed E-state index contributed by atoms with van der Waals surface area (Å²) >= 11 is 12.6. The zero-order valence-electron chi connectivity index (χ0n) is 21.7. The number of sulfonamides is 1. The van der Waals surface area contributed by atoms with Gasteiger partial charge in [0.05, 0.1) is 16.0 Å². The highest BCUT2D eigenvalue weighted by atomic mass is 35.5. The van der Waals surface area contributed by atoms with E-state index in [2.05, 4.69) is 16.0 Å². The average molecular weight is 618 g/mol. The highest BCUT2D eigenvalue weighted by Crippen LogP contribution is 2.62. The van der Waals surface area contributed by atoms with Gasteiger partial charge in [-0.3, -0.25) is 14.9 Å². The summed E-state index contributed by atoms with van der Waals surface area (Å²) in [6, 6.07) is 14.1. The second-order valence-electron chi connectivity index (χ2n) is 10.9. The second kappa shape index (κ2) is 10.1. The number of benzene rings is 3. The van der Waals surface area contributed by atoms with Gasteiger partial charge in [-0.15, -0.1) is 0 Å². The first-order valence-corrected chi connectivity index (χ1v) is 15.5. The molecule has 8 nitrogen and oxygen atoms in total. The van der Waals surface area contributed by atoms with Gasteiger partial charge in [0.25, 0.3) is 0 Å². The molecule has 41 heavy (non-hydrogen) atoms. The number of nitrogens with one attached hydrogen (secondary N) is 3. The minimum absolute atomic E-state index is 0.105. The Labute approximate surface area is 246 Å². The number of hydrogen-bond donors (Lipinski definition) is 4. The fourth-order valence-electron chi connectivity index (χ4n) is 7.17. The molecule has 1 saturated carbocycles. The Morgan fingerprint density at radius 1 is 1.02 bits per heavy atom. The first-order chi connectivity index (χ1) is 19.5. The van der Waals surface area contributed by atoms with Crippen molar-refractivity contribution in [3.63, 3.8) is 0 Å². The molecule has 3 aliphatic rings. The van der Waals surface area contributed by atoms with Gasteiger partial charge in [-0.25, -0.2) is 17.9 Å². The van der Waals surface area contributed by atoms with E-state index in [-0.39, 0.29) is 21.4 Å². The predicted molar refractivity (Wildman–Crippen MR) is 155 cm³/mol. The smallest absolute Gasteiger partial charge is 0.242 e. The molecule has 2 fully saturated rings. The zero-order chi connectivity index (χ0) is 29.2. The Hall–Kier alpha value is -3.02. The molecular formula is C29H27Cl2FN4O4S. The van der Waals surface area contributed by atoms with Crippen LogP contribution in [0.25, 0.3) is 0 Å². The van der Waals surface area contributed by atoms with E-state index in [1.807, 2.05) is 0 Å². The molecular weight excluding hydrogens is 590 g/mol. The predicted octanol–water partition coefficient (Wildman–Crippen LogP) is 5.07. The number of carbonyl (C=O) groups is 2. The molecule has 3 atom stereocenters. The molecule has 0 radical (unpaired) electrons. The lowest BCUT2D eigenvalue weighted by molar-refractivity contribution is -0.124. The Balaban J connectivity index is 1.53. The summed E-state index contributed by atoms with van der Waals surface area (Å²) in [5.41, 5.74) is -0.572. The van der Waals surface area contributed by atoms with Gasteiger partial charge >= 0.3 is 0 Å². The van der Waals surface area contributed by atoms with Crippen LogP contribution in [0.15, 0.2) is 65.6 Å². The zero-order valence-corrected chi connectivity index (χ0v) is 24.0. The van der Waals surface area contributed by atoms with Crippen molar-refractivity contribution >= 4 is 56.4 Å². The lowest BCUT2D eigenvalue weighted by atomic mass is 9.55. The van der Waals surface area contributed by atoms with Crippen molar-refractivity contribution in [2.45, 2.75) is 59.9 Å². The Morgan fingerprint density at radius 2 is 1.73 bits per heavy atom. The second-order valence-corrected chi connectivity index (χ2v) is 13.3. The number of carbonyl (C=O) groups excluding carboxylic acids is 2. The molecule has 5 N–H and O–H groups in total. The van der Waals surface area contributed by atoms with E-state index in [9.17, 15) is 18.0 Å². The van der Waals surface area contributed by atoms with Crippen molar-refractivity contribution in [3.8, 4) is 0 Å². The van der Waals surface area contributed by atoms with Crippen molar-refractivity contribution in [2.24, 2.45) is 5.14 Å². The summed E-state index contributed by atoms with van der Waals surface area (Å²) in [7, 11) is -3.92. The number of primary sulfonamides is 1. The molecule has 3 aromatic carbocycles. The number of fused-ring (bicyclic) bond motifs is 3. The van der Waals surface area contributed by atoms with Crippen LogP contribution in [0.3, 0.4) is 0 Å². The van der Waals surface area contributed by atoms with E-state index < -0.39 is 44.7 Å². The number of halogens is 3. The van der Waals surface area contributed by atoms with Crippen molar-refractivity contribution < 1.29 is 22.4 Å². The van der Waals surface area contributed by atoms with E-state index in [4.69, 9.17) is 28.3 Å². The normalized spacial score (nSPS) is 24.8. The van der Waals surface area contributed by atoms with E-state index >= 15 is 4.39 Å². The van der Waals surface area contributed by atoms with Crippen LogP contribution in [0.5, 0.6) is 0 Å². The van der Waals surface area contributed by atoms with Gasteiger partial charge < -0.3 is 10.6 Å². The van der Waals surface area contributed by atoms with Gasteiger partial charge in [0.1, 0.15) is 11.2 Å². The minimum atomic E-state index is -3.92. The van der Waals surface area contributed by atoms with Crippen molar-refractivity contribution in [1.82, 2.24) is 5.32 Å². The van der Waals surface area contributed by atoms with E-state index in [0.717, 1.165) is 19.3 Å². The molecule has 12 heteroatoms. The van der Waals surface area contributed by atoms with E-state index in [1.54, 1.807) is 30.3 Å². The fraction of sp³-hybridized carbons (Fsp3) is 0.310. The molecule has 3 aromatic rings. The highest BCUT2D eigenvalue weighted by Gasteiger charge is 2.72. The first-order valence-electron chi connectivity index (χ1n) is 13.2. The molecule has 1 saturated heterocycles. The maximum atomic E-state index is 15.9. The van der Waals surface area contributed by atoms with Crippen molar-refractivity contribution in [1.29, 1.82) is 0 Å². The molecule has 1 aliphatic carbocycles. The van der Waals surface area contributed by atoms with Gasteiger partial charge in [0.15, 0.2) is 0 Å². The summed E-state index contributed by atoms with van der Waals surface area (Å²) in [5, 5.41) is 14.9. The quantitative estimate of drug-likeness (QED) is 0.325. The van der Waals surface area contributed by atoms with Crippen LogP contribution in [0, 0.1) is 5.82 Å². The lowest BCUT2D eigenvalue weighted by Crippen LogP contribution is -2.60. The van der Waals surface area contributed by atoms with Gasteiger partial charge in [0, 0.05) is 27.9 Å². The third kappa shape index (κ3) is 4.35. The lowest BCUT2D eigenvalue weighted by Gasteiger charge is -2.47. The van der Waals surface area contributed by atoms with Crippen LogP contribution >= 0.6 is 23.2 Å². The summed E-state index contributed by atoms with van der Waals surface area (Å²) in [4.78, 5) is 28.3. The van der Waals surface area contributed by atoms with Crippen molar-refractivity contribution in [3.05, 3.63) is 87.7 Å². The Kier molecular flexibility index (Phi) is 6.90. The van der Waals surface area contributed by atoms with Crippen LogP contribution in [-0.4, -0.2) is 31.8 Å². The molecule has 214 valence electrons. The van der Waals surface area contributed by atoms with Gasteiger partial charge in [-0.2, -0.15) is 0 Å². The molecule has 0 unspecified atom stereocenters. The summed E-state index contributed by atoms with van der Waals surface area (Å²) in [6.45, 7) is 0. The molecule has 2 amide bonds.